The molecule has 1 saturated heterocycles. The molecule has 0 aliphatic carbocycles. The van der Waals surface area contributed by atoms with Gasteiger partial charge in [-0.2, -0.15) is 0 Å². The highest BCUT2D eigenvalue weighted by atomic mass is 16.7. The lowest BCUT2D eigenvalue weighted by molar-refractivity contribution is -0.301. The molecule has 71 heavy (non-hydrogen) atoms. The minimum Gasteiger partial charge on any atom is -0.479 e. The molecule has 0 aromatic heterocycles. The molecule has 1 fully saturated rings. The molecule has 0 bridgehead atoms. The van der Waals surface area contributed by atoms with E-state index in [-0.39, 0.29) is 25.9 Å². The molecule has 12 nitrogen and oxygen atoms in total. The van der Waals surface area contributed by atoms with E-state index in [1.807, 2.05) is 0 Å². The second kappa shape index (κ2) is 47.2. The Labute approximate surface area is 429 Å². The monoisotopic (exact) mass is 999 g/mol. The molecule has 406 valence electrons. The summed E-state index contributed by atoms with van der Waals surface area (Å²) in [5, 5.41) is 31.4. The Hall–Kier alpha value is -3.84. The van der Waals surface area contributed by atoms with Crippen LogP contribution in [0.3, 0.4) is 0 Å². The number of aliphatic carboxylic acids is 1. The first-order chi connectivity index (χ1) is 34.6. The minimum atomic E-state index is -1.91. The van der Waals surface area contributed by atoms with E-state index in [4.69, 9.17) is 23.7 Å². The van der Waals surface area contributed by atoms with Crippen molar-refractivity contribution in [3.8, 4) is 0 Å². The third-order valence-electron chi connectivity index (χ3n) is 12.2. The largest absolute Gasteiger partial charge is 0.479 e. The average Bonchev–Trinajstić information content (AvgIpc) is 3.35. The van der Waals surface area contributed by atoms with E-state index in [1.54, 1.807) is 0 Å². The smallest absolute Gasteiger partial charge is 0.335 e. The van der Waals surface area contributed by atoms with Crippen LogP contribution in [-0.2, 0) is 42.9 Å². The van der Waals surface area contributed by atoms with Crippen molar-refractivity contribution in [3.05, 3.63) is 72.9 Å². The van der Waals surface area contributed by atoms with E-state index < -0.39 is 67.3 Å². The van der Waals surface area contributed by atoms with Crippen molar-refractivity contribution >= 4 is 23.9 Å². The van der Waals surface area contributed by atoms with Crippen LogP contribution in [0.25, 0.3) is 0 Å². The molecule has 6 atom stereocenters. The van der Waals surface area contributed by atoms with Gasteiger partial charge in [0.25, 0.3) is 0 Å². The topological polar surface area (TPSA) is 175 Å². The number of aliphatic hydroxyl groups is 2. The molecule has 1 heterocycles. The normalized spacial score (nSPS) is 19.0. The highest BCUT2D eigenvalue weighted by Crippen LogP contribution is 2.26. The Morgan fingerprint density at radius 1 is 0.479 bits per heavy atom. The maximum atomic E-state index is 13.1. The molecule has 6 unspecified atom stereocenters. The summed E-state index contributed by atoms with van der Waals surface area (Å²) in [6.45, 7) is 5.76. The summed E-state index contributed by atoms with van der Waals surface area (Å²) >= 11 is 0. The van der Waals surface area contributed by atoms with Crippen molar-refractivity contribution in [1.29, 1.82) is 0 Å². The van der Waals surface area contributed by atoms with Gasteiger partial charge in [-0.15, -0.1) is 0 Å². The molecular formula is C59H98O12. The highest BCUT2D eigenvalue weighted by molar-refractivity contribution is 5.74. The maximum absolute atomic E-state index is 13.1. The molecule has 0 radical (unpaired) electrons. The average molecular weight is 999 g/mol. The summed E-state index contributed by atoms with van der Waals surface area (Å²) in [6.07, 6.45) is 45.9. The van der Waals surface area contributed by atoms with Gasteiger partial charge in [-0.1, -0.05) is 177 Å². The van der Waals surface area contributed by atoms with Gasteiger partial charge in [0, 0.05) is 19.3 Å². The van der Waals surface area contributed by atoms with Gasteiger partial charge in [0.1, 0.15) is 18.8 Å². The number of allylic oxidation sites excluding steroid dienone is 12. The van der Waals surface area contributed by atoms with Crippen molar-refractivity contribution in [3.63, 3.8) is 0 Å². The molecular weight excluding hydrogens is 901 g/mol. The lowest BCUT2D eigenvalue weighted by atomic mass is 9.98. The fraction of sp³-hybridized carbons (Fsp3) is 0.729. The van der Waals surface area contributed by atoms with Crippen LogP contribution in [0.1, 0.15) is 226 Å². The Balaban J connectivity index is 2.74. The first kappa shape index (κ1) is 65.2. The first-order valence-corrected chi connectivity index (χ1v) is 27.9. The number of carbonyl (C=O) groups is 4. The number of hydrogen-bond acceptors (Lipinski definition) is 11. The van der Waals surface area contributed by atoms with Crippen molar-refractivity contribution in [2.45, 2.75) is 263 Å². The van der Waals surface area contributed by atoms with Crippen molar-refractivity contribution < 1.29 is 58.2 Å². The number of aliphatic hydroxyl groups excluding tert-OH is 2. The standard InChI is InChI=1S/C59H98O12/c1-4-7-10-13-16-19-22-25-26-29-32-35-38-41-44-47-53(62)70-57-55(64)54(63)56(58(65)66)71-59(57)68-49-50(69-52(61)46-43-40-37-34-31-28-24-21-18-15-12-9-6-3)48-67-51(60)45-42-39-36-33-30-27-23-20-17-14-11-8-5-2/h7,10-11,14,16,19-21,23-26,50,54-57,59,63-64H,4-6,8-9,12-13,15,17-18,22,27-49H2,1-3H3,(H,65,66)/b10-7-,14-11-,19-16-,23-20-,24-21-,26-25-. The van der Waals surface area contributed by atoms with Gasteiger partial charge < -0.3 is 39.0 Å². The zero-order chi connectivity index (χ0) is 51.8. The quantitative estimate of drug-likeness (QED) is 0.0228. The molecule has 1 rings (SSSR count). The lowest BCUT2D eigenvalue weighted by Crippen LogP contribution is -2.61. The van der Waals surface area contributed by atoms with E-state index in [0.717, 1.165) is 141 Å². The minimum absolute atomic E-state index is 0.0368. The molecule has 3 N–H and O–H groups in total. The van der Waals surface area contributed by atoms with Gasteiger partial charge >= 0.3 is 23.9 Å². The number of unbranched alkanes of at least 4 members (excludes halogenated alkanes) is 20. The van der Waals surface area contributed by atoms with Crippen LogP contribution in [0.5, 0.6) is 0 Å². The van der Waals surface area contributed by atoms with E-state index in [2.05, 4.69) is 93.7 Å². The summed E-state index contributed by atoms with van der Waals surface area (Å²) in [7, 11) is 0. The first-order valence-electron chi connectivity index (χ1n) is 27.9. The Morgan fingerprint density at radius 2 is 0.915 bits per heavy atom. The maximum Gasteiger partial charge on any atom is 0.335 e. The molecule has 0 spiro atoms. The second-order valence-electron chi connectivity index (χ2n) is 18.8. The fourth-order valence-electron chi connectivity index (χ4n) is 7.94. The van der Waals surface area contributed by atoms with Crippen LogP contribution in [0.4, 0.5) is 0 Å². The molecule has 0 aromatic rings. The van der Waals surface area contributed by atoms with Gasteiger partial charge in [-0.25, -0.2) is 4.79 Å². The summed E-state index contributed by atoms with van der Waals surface area (Å²) in [5.74, 6) is -3.17. The van der Waals surface area contributed by atoms with Gasteiger partial charge in [0.05, 0.1) is 6.61 Å². The van der Waals surface area contributed by atoms with E-state index in [9.17, 15) is 34.5 Å². The van der Waals surface area contributed by atoms with Crippen LogP contribution in [0.15, 0.2) is 72.9 Å². The zero-order valence-corrected chi connectivity index (χ0v) is 44.4. The molecule has 12 heteroatoms. The molecule has 0 amide bonds. The predicted molar refractivity (Wildman–Crippen MR) is 285 cm³/mol. The van der Waals surface area contributed by atoms with Crippen molar-refractivity contribution in [2.75, 3.05) is 13.2 Å². The highest BCUT2D eigenvalue weighted by Gasteiger charge is 2.50. The zero-order valence-electron chi connectivity index (χ0n) is 44.4. The predicted octanol–water partition coefficient (Wildman–Crippen LogP) is 13.8. The Bertz CT molecular complexity index is 1510. The van der Waals surface area contributed by atoms with Crippen molar-refractivity contribution in [1.82, 2.24) is 0 Å². The number of carbonyl (C=O) groups excluding carboxylic acids is 3. The summed E-state index contributed by atoms with van der Waals surface area (Å²) in [4.78, 5) is 51.0. The summed E-state index contributed by atoms with van der Waals surface area (Å²) in [5.41, 5.74) is 0. The van der Waals surface area contributed by atoms with Gasteiger partial charge in [0.2, 0.25) is 0 Å². The third kappa shape index (κ3) is 37.6. The second-order valence-corrected chi connectivity index (χ2v) is 18.8. The summed E-state index contributed by atoms with van der Waals surface area (Å²) in [6, 6.07) is 0. The fourth-order valence-corrected chi connectivity index (χ4v) is 7.94. The number of carboxylic acids is 1. The molecule has 1 aliphatic rings. The van der Waals surface area contributed by atoms with Crippen LogP contribution in [0, 0.1) is 0 Å². The molecule has 1 aliphatic heterocycles. The van der Waals surface area contributed by atoms with E-state index in [1.165, 1.54) is 25.7 Å². The van der Waals surface area contributed by atoms with Gasteiger partial charge in [0.15, 0.2) is 24.6 Å². The number of ether oxygens (including phenoxy) is 5. The van der Waals surface area contributed by atoms with E-state index >= 15 is 0 Å². The van der Waals surface area contributed by atoms with Crippen molar-refractivity contribution in [2.24, 2.45) is 0 Å². The van der Waals surface area contributed by atoms with Crippen LogP contribution in [0.2, 0.25) is 0 Å². The van der Waals surface area contributed by atoms with E-state index in [0.29, 0.717) is 19.3 Å². The molecule has 0 saturated carbocycles. The van der Waals surface area contributed by atoms with Gasteiger partial charge in [-0.05, 0) is 103 Å². The number of rotatable bonds is 46. The van der Waals surface area contributed by atoms with Crippen LogP contribution in [-0.4, -0.2) is 89.2 Å². The van der Waals surface area contributed by atoms with Crippen LogP contribution < -0.4 is 0 Å². The number of carboxylic acid groups (broad SMARTS) is 1. The van der Waals surface area contributed by atoms with Crippen LogP contribution >= 0.6 is 0 Å². The summed E-state index contributed by atoms with van der Waals surface area (Å²) < 4.78 is 28.3. The SMILES string of the molecule is CC/C=C\C/C=C\C/C=C\CCCCCCCC(=O)OC1C(OCC(COC(=O)CCCCCCC/C=C\C/C=C\CCC)OC(=O)CCCCCCC/C=C\CCCCCC)OC(C(=O)O)C(O)C1O. The number of esters is 3. The molecule has 0 aromatic carbocycles. The lowest BCUT2D eigenvalue weighted by Gasteiger charge is -2.40. The number of hydrogen-bond donors (Lipinski definition) is 3. The van der Waals surface area contributed by atoms with Gasteiger partial charge in [-0.3, -0.25) is 14.4 Å². The Morgan fingerprint density at radius 3 is 1.42 bits per heavy atom. The third-order valence-corrected chi connectivity index (χ3v) is 12.2. The Kier molecular flexibility index (Phi) is 43.3.